The van der Waals surface area contributed by atoms with Gasteiger partial charge >= 0.3 is 0 Å². The Balaban J connectivity index is 0.000000151. The Labute approximate surface area is 662 Å². The third-order valence-corrected chi connectivity index (χ3v) is 23.9. The van der Waals surface area contributed by atoms with Crippen molar-refractivity contribution in [2.24, 2.45) is 0 Å². The highest BCUT2D eigenvalue weighted by Gasteiger charge is 2.22. The van der Waals surface area contributed by atoms with Crippen molar-refractivity contribution in [1.82, 2.24) is 0 Å². The van der Waals surface area contributed by atoms with Gasteiger partial charge < -0.3 is 9.80 Å². The number of rotatable bonds is 16. The molecule has 0 atom stereocenters. The molecule has 0 bridgehead atoms. The van der Waals surface area contributed by atoms with Crippen LogP contribution in [0.4, 0.5) is 34.1 Å². The van der Waals surface area contributed by atoms with Gasteiger partial charge in [0.2, 0.25) is 0 Å². The molecule has 20 aromatic rings. The van der Waals surface area contributed by atoms with Crippen LogP contribution in [-0.4, -0.2) is 0 Å². The van der Waals surface area contributed by atoms with Gasteiger partial charge in [0.1, 0.15) is 0 Å². The minimum atomic E-state index is 1.10. The molecule has 0 fully saturated rings. The minimum Gasteiger partial charge on any atom is -0.310 e. The Morgan fingerprint density at radius 2 is 0.321 bits per heavy atom. The molecule has 4 heteroatoms. The molecule has 528 valence electrons. The number of hydrogen-bond donors (Lipinski definition) is 0. The molecule has 0 spiro atoms. The number of nitrogens with zero attached hydrogens (tertiary/aromatic N) is 2. The Kier molecular flexibility index (Phi) is 18.9. The first kappa shape index (κ1) is 68.5. The summed E-state index contributed by atoms with van der Waals surface area (Å²) in [5.74, 6) is 0. The smallest absolute Gasteiger partial charge is 0.0475 e. The standard InChI is InChI=1S/2C54H37NS/c1-4-12-38(13-5-1)41-20-22-43(23-21-41)45-30-34-48(35-31-45)55(47-32-28-44(29-33-47)40-16-8-3-9-17-40)49-36-51(54-52(37-49)50-18-10-11-19-53(50)56-54)46-26-24-42(25-27-46)39-14-6-2-7-15-39;1-4-12-38(13-5-1)40-20-22-42(23-21-40)43-24-26-44(27-25-43)45-32-34-48(35-33-45)55(47-16-8-3-9-17-47)49-36-51(54-52(37-49)50-18-10-11-19-53(50)56-54)46-30-28-41(29-31-46)39-14-6-2-7-15-39/h2*1-37H. The monoisotopic (exact) mass is 1460 g/mol. The summed E-state index contributed by atoms with van der Waals surface area (Å²) >= 11 is 3.75. The summed E-state index contributed by atoms with van der Waals surface area (Å²) in [6.07, 6.45) is 0. The summed E-state index contributed by atoms with van der Waals surface area (Å²) in [6.45, 7) is 0. The molecule has 2 heterocycles. The van der Waals surface area contributed by atoms with E-state index in [1.807, 2.05) is 22.7 Å². The zero-order chi connectivity index (χ0) is 74.5. The molecule has 0 aliphatic carbocycles. The fourth-order valence-corrected chi connectivity index (χ4v) is 18.0. The van der Waals surface area contributed by atoms with Crippen LogP contribution in [0.5, 0.6) is 0 Å². The number of fused-ring (bicyclic) bond motifs is 6. The third kappa shape index (κ3) is 14.1. The Hall–Kier alpha value is -14.0. The molecule has 0 saturated carbocycles. The van der Waals surface area contributed by atoms with Crippen LogP contribution in [0, 0.1) is 0 Å². The van der Waals surface area contributed by atoms with Crippen molar-refractivity contribution in [2.75, 3.05) is 9.80 Å². The summed E-state index contributed by atoms with van der Waals surface area (Å²) in [5.41, 5.74) is 31.0. The second-order valence-corrected chi connectivity index (χ2v) is 30.4. The van der Waals surface area contributed by atoms with E-state index in [1.165, 1.54) is 152 Å². The summed E-state index contributed by atoms with van der Waals surface area (Å²) < 4.78 is 5.20. The lowest BCUT2D eigenvalue weighted by Gasteiger charge is -2.27. The van der Waals surface area contributed by atoms with E-state index in [9.17, 15) is 0 Å². The van der Waals surface area contributed by atoms with Gasteiger partial charge in [-0.1, -0.05) is 364 Å². The minimum absolute atomic E-state index is 1.10. The number of anilines is 6. The van der Waals surface area contributed by atoms with Gasteiger partial charge in [-0.15, -0.1) is 22.7 Å². The number of thiophene rings is 2. The van der Waals surface area contributed by atoms with E-state index in [4.69, 9.17) is 0 Å². The first-order valence-electron chi connectivity index (χ1n) is 38.2. The number of para-hydroxylation sites is 1. The van der Waals surface area contributed by atoms with Crippen molar-refractivity contribution in [3.8, 4) is 111 Å². The second-order valence-electron chi connectivity index (χ2n) is 28.3. The SMILES string of the molecule is c1ccc(-c2ccc(-c3ccc(-c4ccc(N(c5ccccc5)c5cc(-c6ccc(-c7ccccc7)cc6)c6sc7ccccc7c6c5)cc4)cc3)cc2)cc1.c1ccc(-c2ccc(-c3ccc(N(c4ccc(-c5ccccc5)cc4)c4cc(-c5ccc(-c6ccccc6)cc5)c5sc6ccccc6c5c4)cc3)cc2)cc1. The van der Waals surface area contributed by atoms with E-state index < -0.39 is 0 Å². The molecule has 0 N–H and O–H groups in total. The highest BCUT2D eigenvalue weighted by Crippen LogP contribution is 2.49. The molecule has 18 aromatic carbocycles. The van der Waals surface area contributed by atoms with Crippen molar-refractivity contribution in [2.45, 2.75) is 0 Å². The highest BCUT2D eigenvalue weighted by atomic mass is 32.1. The predicted molar refractivity (Wildman–Crippen MR) is 482 cm³/mol. The zero-order valence-electron chi connectivity index (χ0n) is 61.4. The molecule has 0 saturated heterocycles. The van der Waals surface area contributed by atoms with E-state index in [-0.39, 0.29) is 0 Å². The number of benzene rings is 18. The van der Waals surface area contributed by atoms with E-state index >= 15 is 0 Å². The maximum Gasteiger partial charge on any atom is 0.0475 e. The van der Waals surface area contributed by atoms with Crippen molar-refractivity contribution in [3.63, 3.8) is 0 Å². The average Bonchev–Trinajstić information content (AvgIpc) is 1.65. The van der Waals surface area contributed by atoms with E-state index in [2.05, 4.69) is 459 Å². The van der Waals surface area contributed by atoms with Gasteiger partial charge in [-0.25, -0.2) is 0 Å². The topological polar surface area (TPSA) is 6.48 Å². The molecule has 2 nitrogen and oxygen atoms in total. The van der Waals surface area contributed by atoms with Gasteiger partial charge in [0.25, 0.3) is 0 Å². The van der Waals surface area contributed by atoms with Crippen LogP contribution >= 0.6 is 22.7 Å². The molecular formula is C108H74N2S2. The molecule has 0 amide bonds. The molecular weight excluding hydrogens is 1390 g/mol. The maximum absolute atomic E-state index is 2.41. The molecule has 112 heavy (non-hydrogen) atoms. The van der Waals surface area contributed by atoms with Crippen LogP contribution in [0.15, 0.2) is 449 Å². The molecule has 0 unspecified atom stereocenters. The van der Waals surface area contributed by atoms with Gasteiger partial charge in [0.05, 0.1) is 0 Å². The van der Waals surface area contributed by atoms with Crippen molar-refractivity contribution >= 4 is 97.1 Å². The molecule has 0 aliphatic heterocycles. The van der Waals surface area contributed by atoms with Crippen molar-refractivity contribution < 1.29 is 0 Å². The fourth-order valence-electron chi connectivity index (χ4n) is 15.6. The zero-order valence-corrected chi connectivity index (χ0v) is 63.1. The summed E-state index contributed by atoms with van der Waals surface area (Å²) in [5, 5.41) is 5.12. The van der Waals surface area contributed by atoms with Crippen LogP contribution in [0.3, 0.4) is 0 Å². The van der Waals surface area contributed by atoms with Crippen LogP contribution in [0.2, 0.25) is 0 Å². The largest absolute Gasteiger partial charge is 0.310 e. The van der Waals surface area contributed by atoms with Gasteiger partial charge in [0, 0.05) is 85.6 Å². The maximum atomic E-state index is 2.41. The molecule has 0 aliphatic rings. The van der Waals surface area contributed by atoms with Crippen LogP contribution in [0.1, 0.15) is 0 Å². The predicted octanol–water partition coefficient (Wildman–Crippen LogP) is 31.7. The van der Waals surface area contributed by atoms with Crippen molar-refractivity contribution in [1.29, 1.82) is 0 Å². The lowest BCUT2D eigenvalue weighted by Crippen LogP contribution is -2.10. The van der Waals surface area contributed by atoms with Gasteiger partial charge in [-0.05, 0) is 185 Å². The Morgan fingerprint density at radius 3 is 0.571 bits per heavy atom. The van der Waals surface area contributed by atoms with Crippen LogP contribution < -0.4 is 9.80 Å². The van der Waals surface area contributed by atoms with Gasteiger partial charge in [0.15, 0.2) is 0 Å². The molecule has 0 radical (unpaired) electrons. The van der Waals surface area contributed by atoms with Crippen LogP contribution in [-0.2, 0) is 0 Å². The van der Waals surface area contributed by atoms with E-state index in [0.29, 0.717) is 0 Å². The van der Waals surface area contributed by atoms with Crippen LogP contribution in [0.25, 0.3) is 152 Å². The quantitative estimate of drug-likeness (QED) is 0.0951. The van der Waals surface area contributed by atoms with E-state index in [1.54, 1.807) is 0 Å². The normalized spacial score (nSPS) is 11.2. The lowest BCUT2D eigenvalue weighted by atomic mass is 9.97. The van der Waals surface area contributed by atoms with E-state index in [0.717, 1.165) is 34.1 Å². The molecule has 2 aromatic heterocycles. The summed E-state index contributed by atoms with van der Waals surface area (Å²) in [6, 6.07) is 163. The first-order chi connectivity index (χ1) is 55.5. The molecule has 20 rings (SSSR count). The first-order valence-corrected chi connectivity index (χ1v) is 39.8. The lowest BCUT2D eigenvalue weighted by molar-refractivity contribution is 1.29. The number of hydrogen-bond acceptors (Lipinski definition) is 4. The Morgan fingerprint density at radius 1 is 0.134 bits per heavy atom. The summed E-state index contributed by atoms with van der Waals surface area (Å²) in [4.78, 5) is 4.80. The van der Waals surface area contributed by atoms with Crippen molar-refractivity contribution in [3.05, 3.63) is 449 Å². The highest BCUT2D eigenvalue weighted by molar-refractivity contribution is 7.26. The van der Waals surface area contributed by atoms with Gasteiger partial charge in [-0.2, -0.15) is 0 Å². The summed E-state index contributed by atoms with van der Waals surface area (Å²) in [7, 11) is 0. The average molecular weight is 1460 g/mol. The second kappa shape index (κ2) is 30.9. The fraction of sp³-hybridized carbons (Fsp3) is 0. The van der Waals surface area contributed by atoms with Gasteiger partial charge in [-0.3, -0.25) is 0 Å². The third-order valence-electron chi connectivity index (χ3n) is 21.4. The Bertz CT molecular complexity index is 6610.